The molecule has 1 atom stereocenters. The Hall–Kier alpha value is -0.140. The third-order valence-electron chi connectivity index (χ3n) is 2.19. The minimum atomic E-state index is -3.28. The van der Waals surface area contributed by atoms with Crippen molar-refractivity contribution in [1.29, 1.82) is 0 Å². The van der Waals surface area contributed by atoms with Crippen LogP contribution in [0.2, 0.25) is 0 Å². The lowest BCUT2D eigenvalue weighted by Crippen LogP contribution is -2.43. The Morgan fingerprint density at radius 1 is 1.43 bits per heavy atom. The Bertz CT molecular complexity index is 384. The van der Waals surface area contributed by atoms with E-state index in [1.165, 1.54) is 6.92 Å². The van der Waals surface area contributed by atoms with Crippen LogP contribution in [0.25, 0.3) is 0 Å². The Morgan fingerprint density at radius 3 is 2.57 bits per heavy atom. The van der Waals surface area contributed by atoms with E-state index >= 15 is 0 Å². The van der Waals surface area contributed by atoms with Gasteiger partial charge >= 0.3 is 0 Å². The number of hydrogen-bond acceptors (Lipinski definition) is 4. The van der Waals surface area contributed by atoms with Gasteiger partial charge in [-0.3, -0.25) is 0 Å². The summed E-state index contributed by atoms with van der Waals surface area (Å²) in [7, 11) is -6.32. The number of nitrogens with one attached hydrogen (secondary N) is 1. The third kappa shape index (κ3) is 3.55. The van der Waals surface area contributed by atoms with Gasteiger partial charge in [-0.15, -0.1) is 0 Å². The molecule has 0 radical (unpaired) electrons. The molecule has 1 heterocycles. The van der Waals surface area contributed by atoms with Crippen LogP contribution in [0.5, 0.6) is 0 Å². The minimum Gasteiger partial charge on any atom is -0.229 e. The predicted octanol–water partition coefficient (Wildman–Crippen LogP) is -0.497. The van der Waals surface area contributed by atoms with E-state index in [0.29, 0.717) is 12.8 Å². The summed E-state index contributed by atoms with van der Waals surface area (Å²) in [5, 5.41) is 0. The molecule has 0 spiro atoms. The van der Waals surface area contributed by atoms with Crippen LogP contribution in [0.1, 0.15) is 19.8 Å². The van der Waals surface area contributed by atoms with Crippen LogP contribution in [-0.4, -0.2) is 40.1 Å². The van der Waals surface area contributed by atoms with E-state index in [2.05, 4.69) is 4.72 Å². The van der Waals surface area contributed by atoms with E-state index in [0.717, 1.165) is 0 Å². The number of rotatable bonds is 3. The van der Waals surface area contributed by atoms with Gasteiger partial charge in [-0.2, -0.15) is 0 Å². The summed E-state index contributed by atoms with van der Waals surface area (Å²) in [6, 6.07) is -0.432. The molecule has 0 bridgehead atoms. The molecule has 7 heteroatoms. The van der Waals surface area contributed by atoms with Gasteiger partial charge in [0.15, 0.2) is 9.84 Å². The highest BCUT2D eigenvalue weighted by molar-refractivity contribution is 7.91. The second-order valence-corrected chi connectivity index (χ2v) is 7.75. The molecule has 0 aromatic carbocycles. The second kappa shape index (κ2) is 4.16. The minimum absolute atomic E-state index is 0.0104. The van der Waals surface area contributed by atoms with Gasteiger partial charge in [0, 0.05) is 6.04 Å². The van der Waals surface area contributed by atoms with Gasteiger partial charge in [0.05, 0.1) is 17.3 Å². The predicted molar refractivity (Wildman–Crippen MR) is 54.3 cm³/mol. The van der Waals surface area contributed by atoms with E-state index in [1.54, 1.807) is 0 Å². The van der Waals surface area contributed by atoms with Gasteiger partial charge in [0.2, 0.25) is 10.0 Å². The number of sulfonamides is 1. The first-order valence-corrected chi connectivity index (χ1v) is 8.02. The van der Waals surface area contributed by atoms with Gasteiger partial charge in [-0.1, -0.05) is 0 Å². The molecule has 1 unspecified atom stereocenters. The molecule has 1 aliphatic rings. The lowest BCUT2D eigenvalue weighted by atomic mass is 10.2. The summed E-state index contributed by atoms with van der Waals surface area (Å²) >= 11 is 0. The molecule has 14 heavy (non-hydrogen) atoms. The van der Waals surface area contributed by atoms with Crippen LogP contribution in [0.15, 0.2) is 0 Å². The Balaban J connectivity index is 2.64. The second-order valence-electron chi connectivity index (χ2n) is 3.47. The zero-order chi connectivity index (χ0) is 10.8. The maximum atomic E-state index is 11.2. The summed E-state index contributed by atoms with van der Waals surface area (Å²) in [6.45, 7) is 1.53. The Kier molecular flexibility index (Phi) is 3.54. The average molecular weight is 241 g/mol. The van der Waals surface area contributed by atoms with Gasteiger partial charge in [0.25, 0.3) is 0 Å². The molecule has 0 aromatic heterocycles. The summed E-state index contributed by atoms with van der Waals surface area (Å²) < 4.78 is 47.1. The fraction of sp³-hybridized carbons (Fsp3) is 1.00. The van der Waals surface area contributed by atoms with Crippen molar-refractivity contribution in [2.45, 2.75) is 25.8 Å². The van der Waals surface area contributed by atoms with Crippen molar-refractivity contribution in [3.63, 3.8) is 0 Å². The van der Waals surface area contributed by atoms with E-state index in [1.807, 2.05) is 0 Å². The summed E-state index contributed by atoms with van der Waals surface area (Å²) in [4.78, 5) is 0. The zero-order valence-electron chi connectivity index (χ0n) is 8.06. The third-order valence-corrected chi connectivity index (χ3v) is 5.46. The van der Waals surface area contributed by atoms with Crippen LogP contribution in [0.3, 0.4) is 0 Å². The maximum Gasteiger partial charge on any atom is 0.211 e. The topological polar surface area (TPSA) is 80.3 Å². The highest BCUT2D eigenvalue weighted by Crippen LogP contribution is 2.12. The lowest BCUT2D eigenvalue weighted by Gasteiger charge is -2.22. The summed E-state index contributed by atoms with van der Waals surface area (Å²) in [5.74, 6) is 0.104. The van der Waals surface area contributed by atoms with Crippen LogP contribution >= 0.6 is 0 Å². The summed E-state index contributed by atoms with van der Waals surface area (Å²) in [6.07, 6.45) is 1.15. The van der Waals surface area contributed by atoms with Crippen molar-refractivity contribution in [1.82, 2.24) is 4.72 Å². The molecule has 0 aliphatic carbocycles. The smallest absolute Gasteiger partial charge is 0.211 e. The van der Waals surface area contributed by atoms with Crippen molar-refractivity contribution in [2.75, 3.05) is 17.3 Å². The van der Waals surface area contributed by atoms with Crippen LogP contribution in [0.4, 0.5) is 0 Å². The molecule has 84 valence electrons. The maximum absolute atomic E-state index is 11.2. The molecule has 0 saturated carbocycles. The van der Waals surface area contributed by atoms with E-state index in [4.69, 9.17) is 0 Å². The molecule has 5 nitrogen and oxygen atoms in total. The van der Waals surface area contributed by atoms with Gasteiger partial charge < -0.3 is 0 Å². The van der Waals surface area contributed by atoms with Gasteiger partial charge in [-0.25, -0.2) is 21.6 Å². The first kappa shape index (κ1) is 11.9. The largest absolute Gasteiger partial charge is 0.229 e. The fourth-order valence-corrected chi connectivity index (χ4v) is 4.07. The van der Waals surface area contributed by atoms with Crippen LogP contribution in [-0.2, 0) is 19.9 Å². The quantitative estimate of drug-likeness (QED) is 0.722. The van der Waals surface area contributed by atoms with Crippen molar-refractivity contribution in [3.05, 3.63) is 0 Å². The molecule has 1 aliphatic heterocycles. The highest BCUT2D eigenvalue weighted by Gasteiger charge is 2.27. The summed E-state index contributed by atoms with van der Waals surface area (Å²) in [5.41, 5.74) is 0. The Morgan fingerprint density at radius 2 is 2.07 bits per heavy atom. The zero-order valence-corrected chi connectivity index (χ0v) is 9.70. The monoisotopic (exact) mass is 241 g/mol. The number of sulfone groups is 1. The molecular formula is C7H15NO4S2. The lowest BCUT2D eigenvalue weighted by molar-refractivity contribution is 0.518. The average Bonchev–Trinajstić information content (AvgIpc) is 2.01. The first-order valence-electron chi connectivity index (χ1n) is 4.55. The molecule has 1 N–H and O–H groups in total. The van der Waals surface area contributed by atoms with Crippen LogP contribution in [0, 0.1) is 0 Å². The van der Waals surface area contributed by atoms with Crippen molar-refractivity contribution in [2.24, 2.45) is 0 Å². The molecule has 0 aromatic rings. The molecule has 1 saturated heterocycles. The molecule has 1 rings (SSSR count). The first-order chi connectivity index (χ1) is 6.35. The van der Waals surface area contributed by atoms with Crippen molar-refractivity contribution >= 4 is 19.9 Å². The normalized spacial score (nSPS) is 27.4. The van der Waals surface area contributed by atoms with Crippen LogP contribution < -0.4 is 4.72 Å². The van der Waals surface area contributed by atoms with Gasteiger partial charge in [0.1, 0.15) is 0 Å². The van der Waals surface area contributed by atoms with E-state index < -0.39 is 25.9 Å². The SMILES string of the molecule is CCS(=O)(=O)NC1CCCS(=O)(=O)C1. The molecule has 1 fully saturated rings. The van der Waals surface area contributed by atoms with E-state index in [-0.39, 0.29) is 17.3 Å². The van der Waals surface area contributed by atoms with Gasteiger partial charge in [-0.05, 0) is 19.8 Å². The van der Waals surface area contributed by atoms with Crippen molar-refractivity contribution < 1.29 is 16.8 Å². The van der Waals surface area contributed by atoms with Crippen molar-refractivity contribution in [3.8, 4) is 0 Å². The number of hydrogen-bond donors (Lipinski definition) is 1. The molecule has 0 amide bonds. The molecular weight excluding hydrogens is 226 g/mol. The standard InChI is InChI=1S/C7H15NO4S2/c1-2-14(11,12)8-7-4-3-5-13(9,10)6-7/h7-8H,2-6H2,1H3. The Labute approximate surface area is 84.9 Å². The van der Waals surface area contributed by atoms with E-state index in [9.17, 15) is 16.8 Å². The fourth-order valence-electron chi connectivity index (χ4n) is 1.45. The highest BCUT2D eigenvalue weighted by atomic mass is 32.2.